The smallest absolute Gasteiger partial charge is 0.269 e. The summed E-state index contributed by atoms with van der Waals surface area (Å²) in [6.07, 6.45) is 0. The normalized spacial score (nSPS) is 12.3. The maximum absolute atomic E-state index is 10.8. The van der Waals surface area contributed by atoms with E-state index in [1.165, 1.54) is 29.5 Å². The lowest BCUT2D eigenvalue weighted by atomic mass is 10.0. The van der Waals surface area contributed by atoms with Gasteiger partial charge in [0.2, 0.25) is 16.9 Å². The van der Waals surface area contributed by atoms with Crippen molar-refractivity contribution in [1.29, 1.82) is 0 Å². The zero-order chi connectivity index (χ0) is 22.0. The van der Waals surface area contributed by atoms with Crippen LogP contribution in [0.15, 0.2) is 58.1 Å². The molecule has 0 spiro atoms. The Morgan fingerprint density at radius 3 is 2.35 bits per heavy atom. The largest absolute Gasteiger partial charge is 0.419 e. The van der Waals surface area contributed by atoms with E-state index in [4.69, 9.17) is 4.42 Å². The first kappa shape index (κ1) is 20.7. The van der Waals surface area contributed by atoms with Crippen molar-refractivity contribution in [3.63, 3.8) is 0 Å². The van der Waals surface area contributed by atoms with Gasteiger partial charge >= 0.3 is 0 Å². The summed E-state index contributed by atoms with van der Waals surface area (Å²) in [7, 11) is 0. The Bertz CT molecular complexity index is 1190. The van der Waals surface area contributed by atoms with E-state index in [1.54, 1.807) is 16.8 Å². The maximum Gasteiger partial charge on any atom is 0.269 e. The van der Waals surface area contributed by atoms with Gasteiger partial charge in [0.1, 0.15) is 0 Å². The van der Waals surface area contributed by atoms with Crippen LogP contribution < -0.4 is 0 Å². The van der Waals surface area contributed by atoms with Gasteiger partial charge in [-0.15, -0.1) is 15.3 Å². The van der Waals surface area contributed by atoms with Crippen LogP contribution in [0.1, 0.15) is 43.4 Å². The summed E-state index contributed by atoms with van der Waals surface area (Å²) in [5, 5.41) is 31.4. The number of hydrogen-bond donors (Lipinski definition) is 0. The van der Waals surface area contributed by atoms with E-state index in [1.807, 2.05) is 19.1 Å². The molecule has 11 heteroatoms. The van der Waals surface area contributed by atoms with Crippen LogP contribution in [0.4, 0.5) is 5.69 Å². The number of benzene rings is 2. The molecule has 1 unspecified atom stereocenters. The molecule has 4 rings (SSSR count). The van der Waals surface area contributed by atoms with Crippen LogP contribution in [-0.4, -0.2) is 35.3 Å². The first-order chi connectivity index (χ1) is 14.9. The van der Waals surface area contributed by atoms with Crippen LogP contribution in [0.25, 0.3) is 17.1 Å². The molecule has 2 aromatic carbocycles. The van der Waals surface area contributed by atoms with Crippen molar-refractivity contribution in [2.75, 3.05) is 0 Å². The van der Waals surface area contributed by atoms with Crippen molar-refractivity contribution in [3.8, 4) is 17.1 Å². The number of non-ortho nitro benzene ring substituents is 1. The van der Waals surface area contributed by atoms with Crippen molar-refractivity contribution < 1.29 is 9.34 Å². The Hall–Kier alpha value is -3.60. The molecule has 31 heavy (non-hydrogen) atoms. The number of thioether (sulfide) groups is 1. The van der Waals surface area contributed by atoms with Crippen LogP contribution in [0, 0.1) is 10.1 Å². The molecule has 2 aromatic heterocycles. The lowest BCUT2D eigenvalue weighted by Crippen LogP contribution is -2.01. The van der Waals surface area contributed by atoms with Crippen molar-refractivity contribution in [2.45, 2.75) is 37.1 Å². The van der Waals surface area contributed by atoms with Gasteiger partial charge in [-0.1, -0.05) is 37.7 Å². The van der Waals surface area contributed by atoms with Crippen LogP contribution in [-0.2, 0) is 0 Å². The molecule has 0 aliphatic carbocycles. The third-order valence-electron chi connectivity index (χ3n) is 4.64. The molecule has 0 saturated carbocycles. The number of rotatable bonds is 7. The second-order valence-electron chi connectivity index (χ2n) is 7.13. The lowest BCUT2D eigenvalue weighted by molar-refractivity contribution is -0.384. The van der Waals surface area contributed by atoms with E-state index >= 15 is 0 Å². The van der Waals surface area contributed by atoms with Crippen LogP contribution in [0.3, 0.4) is 0 Å². The minimum absolute atomic E-state index is 0.000626. The van der Waals surface area contributed by atoms with E-state index in [0.29, 0.717) is 28.4 Å². The van der Waals surface area contributed by atoms with Gasteiger partial charge in [0, 0.05) is 17.7 Å². The third-order valence-corrected chi connectivity index (χ3v) is 5.66. The number of nitrogens with zero attached hydrogens (tertiary/aromatic N) is 7. The molecule has 0 amide bonds. The molecule has 1 atom stereocenters. The summed E-state index contributed by atoms with van der Waals surface area (Å²) in [6.45, 7) is 6.20. The summed E-state index contributed by atoms with van der Waals surface area (Å²) in [5.41, 5.74) is 2.71. The molecule has 2 heterocycles. The quantitative estimate of drug-likeness (QED) is 0.232. The SMILES string of the molecule is CC(C)c1ccc(-n2nnnc2SC(C)c2nnc(-c3ccc([N+](=O)[O-])cc3)o2)cc1. The number of hydrogen-bond acceptors (Lipinski definition) is 9. The van der Waals surface area contributed by atoms with Gasteiger partial charge < -0.3 is 4.42 Å². The molecule has 10 nitrogen and oxygen atoms in total. The summed E-state index contributed by atoms with van der Waals surface area (Å²) in [4.78, 5) is 10.3. The van der Waals surface area contributed by atoms with Crippen LogP contribution in [0.2, 0.25) is 0 Å². The minimum atomic E-state index is -0.456. The molecule has 158 valence electrons. The summed E-state index contributed by atoms with van der Waals surface area (Å²) >= 11 is 1.39. The van der Waals surface area contributed by atoms with E-state index < -0.39 is 4.92 Å². The molecule has 4 aromatic rings. The Morgan fingerprint density at radius 2 is 1.71 bits per heavy atom. The second-order valence-corrected chi connectivity index (χ2v) is 8.44. The fourth-order valence-electron chi connectivity index (χ4n) is 2.86. The number of nitro benzene ring substituents is 1. The average molecular weight is 437 g/mol. The first-order valence-corrected chi connectivity index (χ1v) is 10.4. The number of nitro groups is 1. The van der Waals surface area contributed by atoms with Gasteiger partial charge in [-0.2, -0.15) is 4.68 Å². The highest BCUT2D eigenvalue weighted by molar-refractivity contribution is 7.99. The van der Waals surface area contributed by atoms with E-state index in [0.717, 1.165) is 5.69 Å². The molecule has 0 fully saturated rings. The highest BCUT2D eigenvalue weighted by Gasteiger charge is 2.20. The van der Waals surface area contributed by atoms with E-state index in [-0.39, 0.29) is 10.9 Å². The minimum Gasteiger partial charge on any atom is -0.419 e. The average Bonchev–Trinajstić information content (AvgIpc) is 3.44. The maximum atomic E-state index is 10.8. The Kier molecular flexibility index (Phi) is 5.76. The molecule has 0 aliphatic rings. The van der Waals surface area contributed by atoms with Crippen molar-refractivity contribution in [2.24, 2.45) is 0 Å². The van der Waals surface area contributed by atoms with Gasteiger partial charge in [0.15, 0.2) is 0 Å². The Labute approximate surface area is 181 Å². The van der Waals surface area contributed by atoms with Gasteiger partial charge in [0.25, 0.3) is 5.69 Å². The predicted octanol–water partition coefficient (Wildman–Crippen LogP) is 4.60. The van der Waals surface area contributed by atoms with Crippen LogP contribution >= 0.6 is 11.8 Å². The highest BCUT2D eigenvalue weighted by Crippen LogP contribution is 2.34. The van der Waals surface area contributed by atoms with Crippen molar-refractivity contribution in [1.82, 2.24) is 30.4 Å². The topological polar surface area (TPSA) is 126 Å². The fourth-order valence-corrected chi connectivity index (χ4v) is 3.70. The predicted molar refractivity (Wildman–Crippen MR) is 114 cm³/mol. The molecule has 0 bridgehead atoms. The Balaban J connectivity index is 1.50. The van der Waals surface area contributed by atoms with Gasteiger partial charge in [-0.05, 0) is 53.1 Å². The van der Waals surface area contributed by atoms with E-state index in [9.17, 15) is 10.1 Å². The highest BCUT2D eigenvalue weighted by atomic mass is 32.2. The van der Waals surface area contributed by atoms with Gasteiger partial charge in [-0.3, -0.25) is 10.1 Å². The first-order valence-electron chi connectivity index (χ1n) is 9.56. The zero-order valence-electron chi connectivity index (χ0n) is 17.0. The Morgan fingerprint density at radius 1 is 1.00 bits per heavy atom. The van der Waals surface area contributed by atoms with E-state index in [2.05, 4.69) is 51.7 Å². The standard InChI is InChI=1S/C20H19N7O3S/c1-12(2)14-4-8-16(9-5-14)26-20(23-24-25-26)31-13(3)18-21-22-19(30-18)15-6-10-17(11-7-15)27(28)29/h4-13H,1-3H3. The van der Waals surface area contributed by atoms with Crippen molar-refractivity contribution in [3.05, 3.63) is 70.1 Å². The molecular formula is C20H19N7O3S. The molecule has 0 aliphatic heterocycles. The fraction of sp³-hybridized carbons (Fsp3) is 0.250. The van der Waals surface area contributed by atoms with Gasteiger partial charge in [-0.25, -0.2) is 0 Å². The van der Waals surface area contributed by atoms with Crippen molar-refractivity contribution >= 4 is 17.4 Å². The molecule has 0 N–H and O–H groups in total. The summed E-state index contributed by atoms with van der Waals surface area (Å²) in [5.74, 6) is 1.14. The summed E-state index contributed by atoms with van der Waals surface area (Å²) in [6, 6.07) is 14.1. The molecule has 0 radical (unpaired) electrons. The molecule has 0 saturated heterocycles. The lowest BCUT2D eigenvalue weighted by Gasteiger charge is -2.09. The van der Waals surface area contributed by atoms with Gasteiger partial charge in [0.05, 0.1) is 15.9 Å². The molecular weight excluding hydrogens is 418 g/mol. The monoisotopic (exact) mass is 437 g/mol. The third kappa shape index (κ3) is 4.45. The number of aromatic nitrogens is 6. The summed E-state index contributed by atoms with van der Waals surface area (Å²) < 4.78 is 7.44. The number of tetrazole rings is 1. The zero-order valence-corrected chi connectivity index (χ0v) is 17.9. The van der Waals surface area contributed by atoms with Crippen LogP contribution in [0.5, 0.6) is 0 Å². The second kappa shape index (κ2) is 8.64.